The van der Waals surface area contributed by atoms with Gasteiger partial charge in [0, 0.05) is 17.5 Å². The third-order valence-corrected chi connectivity index (χ3v) is 4.83. The van der Waals surface area contributed by atoms with Crippen LogP contribution in [0.4, 0.5) is 0 Å². The first-order valence-electron chi connectivity index (χ1n) is 6.27. The largest absolute Gasteiger partial charge is 0.368 e. The molecule has 0 amide bonds. The van der Waals surface area contributed by atoms with E-state index in [-0.39, 0.29) is 5.60 Å². The number of aryl methyl sites for hydroxylation is 1. The lowest BCUT2D eigenvalue weighted by Crippen LogP contribution is -2.24. The molecule has 3 nitrogen and oxygen atoms in total. The minimum Gasteiger partial charge on any atom is -0.368 e. The summed E-state index contributed by atoms with van der Waals surface area (Å²) in [4.78, 5) is 6.00. The number of aromatic nitrogens is 1. The molecule has 1 rings (SSSR count). The molecule has 0 saturated heterocycles. The summed E-state index contributed by atoms with van der Waals surface area (Å²) in [5.41, 5.74) is 0.877. The molecule has 4 heteroatoms. The van der Waals surface area contributed by atoms with Gasteiger partial charge in [-0.15, -0.1) is 11.3 Å². The lowest BCUT2D eigenvalue weighted by atomic mass is 10.0. The molecule has 0 aliphatic heterocycles. The Bertz CT molecular complexity index is 364. The number of rotatable bonds is 6. The predicted molar refractivity (Wildman–Crippen MR) is 73.6 cm³/mol. The van der Waals surface area contributed by atoms with Gasteiger partial charge in [-0.05, 0) is 41.2 Å². The van der Waals surface area contributed by atoms with E-state index in [4.69, 9.17) is 9.72 Å². The third-order valence-electron chi connectivity index (χ3n) is 3.25. The van der Waals surface area contributed by atoms with E-state index in [1.54, 1.807) is 11.3 Å². The first kappa shape index (κ1) is 14.6. The van der Waals surface area contributed by atoms with Crippen molar-refractivity contribution in [3.63, 3.8) is 0 Å². The van der Waals surface area contributed by atoms with Crippen LogP contribution in [0, 0.1) is 6.92 Å². The van der Waals surface area contributed by atoms with Gasteiger partial charge in [-0.1, -0.05) is 6.92 Å². The van der Waals surface area contributed by atoms with Crippen LogP contribution >= 0.6 is 11.3 Å². The molecule has 0 radical (unpaired) electrons. The molecular formula is C13H24N2OS. The van der Waals surface area contributed by atoms with Gasteiger partial charge in [0.1, 0.15) is 10.6 Å². The molecule has 98 valence electrons. The Morgan fingerprint density at radius 3 is 2.59 bits per heavy atom. The third kappa shape index (κ3) is 3.06. The molecule has 0 fully saturated rings. The van der Waals surface area contributed by atoms with Gasteiger partial charge in [-0.3, -0.25) is 0 Å². The molecule has 0 aromatic carbocycles. The summed E-state index contributed by atoms with van der Waals surface area (Å²) in [6, 6.07) is 0.351. The highest BCUT2D eigenvalue weighted by Gasteiger charge is 2.30. The fourth-order valence-corrected chi connectivity index (χ4v) is 3.10. The maximum Gasteiger partial charge on any atom is 0.125 e. The van der Waals surface area contributed by atoms with Crippen LogP contribution in [0.2, 0.25) is 0 Å². The summed E-state index contributed by atoms with van der Waals surface area (Å²) in [7, 11) is 1.98. The molecule has 0 spiro atoms. The van der Waals surface area contributed by atoms with Crippen molar-refractivity contribution in [2.75, 3.05) is 13.7 Å². The number of nitrogens with one attached hydrogen (secondary N) is 1. The minimum atomic E-state index is -0.240. The van der Waals surface area contributed by atoms with E-state index >= 15 is 0 Å². The van der Waals surface area contributed by atoms with Crippen molar-refractivity contribution in [1.82, 2.24) is 10.3 Å². The molecule has 1 aromatic heterocycles. The van der Waals surface area contributed by atoms with Crippen molar-refractivity contribution in [2.45, 2.75) is 52.7 Å². The summed E-state index contributed by atoms with van der Waals surface area (Å²) in [5.74, 6) is 0. The highest BCUT2D eigenvalue weighted by atomic mass is 32.1. The molecule has 1 aromatic rings. The predicted octanol–water partition coefficient (Wildman–Crippen LogP) is 3.39. The minimum absolute atomic E-state index is 0.240. The Morgan fingerprint density at radius 1 is 1.47 bits per heavy atom. The fourth-order valence-electron chi connectivity index (χ4n) is 1.80. The number of ether oxygens (including phenoxy) is 1. The van der Waals surface area contributed by atoms with Crippen LogP contribution in [0.5, 0.6) is 0 Å². The SMILES string of the molecule is CCOC(C)(CC)c1nc(C)c(C(C)NC)s1. The molecular weight excluding hydrogens is 232 g/mol. The summed E-state index contributed by atoms with van der Waals surface area (Å²) in [6.45, 7) is 11.3. The highest BCUT2D eigenvalue weighted by Crippen LogP contribution is 2.35. The van der Waals surface area contributed by atoms with E-state index in [0.29, 0.717) is 6.04 Å². The van der Waals surface area contributed by atoms with E-state index in [2.05, 4.69) is 33.0 Å². The maximum atomic E-state index is 5.87. The monoisotopic (exact) mass is 256 g/mol. The van der Waals surface area contributed by atoms with Crippen LogP contribution in [0.3, 0.4) is 0 Å². The molecule has 0 bridgehead atoms. The standard InChI is InChI=1S/C13H24N2OS/c1-7-13(5,16-8-2)12-15-10(4)11(17-12)9(3)14-6/h9,14H,7-8H2,1-6H3. The normalized spacial score (nSPS) is 16.8. The summed E-state index contributed by atoms with van der Waals surface area (Å²) in [6.07, 6.45) is 0.946. The van der Waals surface area contributed by atoms with Crippen LogP contribution in [0.1, 0.15) is 55.7 Å². The van der Waals surface area contributed by atoms with Crippen molar-refractivity contribution in [3.05, 3.63) is 15.6 Å². The molecule has 17 heavy (non-hydrogen) atoms. The van der Waals surface area contributed by atoms with Gasteiger partial charge >= 0.3 is 0 Å². The Kier molecular flexibility index (Phi) is 5.10. The van der Waals surface area contributed by atoms with Crippen molar-refractivity contribution in [2.24, 2.45) is 0 Å². The molecule has 0 aliphatic carbocycles. The zero-order valence-corrected chi connectivity index (χ0v) is 12.6. The van der Waals surface area contributed by atoms with Crippen molar-refractivity contribution < 1.29 is 4.74 Å². The van der Waals surface area contributed by atoms with E-state index in [1.807, 2.05) is 14.0 Å². The topological polar surface area (TPSA) is 34.1 Å². The second-order valence-corrected chi connectivity index (χ2v) is 5.53. The number of nitrogens with zero attached hydrogens (tertiary/aromatic N) is 1. The van der Waals surface area contributed by atoms with Crippen LogP contribution in [-0.4, -0.2) is 18.6 Å². The summed E-state index contributed by atoms with van der Waals surface area (Å²) >= 11 is 1.77. The molecule has 1 N–H and O–H groups in total. The first-order chi connectivity index (χ1) is 7.98. The molecule has 1 heterocycles. The molecule has 2 atom stereocenters. The Morgan fingerprint density at radius 2 is 2.12 bits per heavy atom. The van der Waals surface area contributed by atoms with Gasteiger partial charge in [-0.25, -0.2) is 4.98 Å². The highest BCUT2D eigenvalue weighted by molar-refractivity contribution is 7.12. The van der Waals surface area contributed by atoms with Gasteiger partial charge in [0.2, 0.25) is 0 Å². The van der Waals surface area contributed by atoms with Gasteiger partial charge in [-0.2, -0.15) is 0 Å². The number of hydrogen-bond donors (Lipinski definition) is 1. The van der Waals surface area contributed by atoms with Gasteiger partial charge in [0.05, 0.1) is 5.69 Å². The van der Waals surface area contributed by atoms with Crippen molar-refractivity contribution in [1.29, 1.82) is 0 Å². The molecule has 0 saturated carbocycles. The molecule has 0 aliphatic rings. The summed E-state index contributed by atoms with van der Waals surface area (Å²) in [5, 5.41) is 4.36. The fraction of sp³-hybridized carbons (Fsp3) is 0.769. The average Bonchev–Trinajstić information content (AvgIpc) is 2.71. The van der Waals surface area contributed by atoms with Gasteiger partial charge < -0.3 is 10.1 Å². The van der Waals surface area contributed by atoms with E-state index in [0.717, 1.165) is 23.7 Å². The van der Waals surface area contributed by atoms with Crippen molar-refractivity contribution in [3.8, 4) is 0 Å². The van der Waals surface area contributed by atoms with Crippen molar-refractivity contribution >= 4 is 11.3 Å². The Hall–Kier alpha value is -0.450. The second kappa shape index (κ2) is 5.94. The number of hydrogen-bond acceptors (Lipinski definition) is 4. The smallest absolute Gasteiger partial charge is 0.125 e. The van der Waals surface area contributed by atoms with Crippen LogP contribution < -0.4 is 5.32 Å². The van der Waals surface area contributed by atoms with Crippen LogP contribution in [-0.2, 0) is 10.3 Å². The molecule has 2 unspecified atom stereocenters. The lowest BCUT2D eigenvalue weighted by molar-refractivity contribution is -0.0325. The van der Waals surface area contributed by atoms with Crippen LogP contribution in [0.15, 0.2) is 0 Å². The average molecular weight is 256 g/mol. The zero-order chi connectivity index (χ0) is 13.1. The van der Waals surface area contributed by atoms with E-state index in [1.165, 1.54) is 4.88 Å². The lowest BCUT2D eigenvalue weighted by Gasteiger charge is -2.25. The second-order valence-electron chi connectivity index (χ2n) is 4.50. The number of thiazole rings is 1. The Labute approximate surface area is 109 Å². The van der Waals surface area contributed by atoms with Gasteiger partial charge in [0.25, 0.3) is 0 Å². The van der Waals surface area contributed by atoms with E-state index < -0.39 is 0 Å². The first-order valence-corrected chi connectivity index (χ1v) is 7.09. The summed E-state index contributed by atoms with van der Waals surface area (Å²) < 4.78 is 5.87. The van der Waals surface area contributed by atoms with E-state index in [9.17, 15) is 0 Å². The Balaban J connectivity index is 3.06. The maximum absolute atomic E-state index is 5.87. The quantitative estimate of drug-likeness (QED) is 0.847. The van der Waals surface area contributed by atoms with Crippen LogP contribution in [0.25, 0.3) is 0 Å². The zero-order valence-electron chi connectivity index (χ0n) is 11.8. The van der Waals surface area contributed by atoms with Gasteiger partial charge in [0.15, 0.2) is 0 Å².